The van der Waals surface area contributed by atoms with Crippen molar-refractivity contribution in [1.82, 2.24) is 14.6 Å². The summed E-state index contributed by atoms with van der Waals surface area (Å²) in [7, 11) is 0. The number of halogens is 1. The highest BCUT2D eigenvalue weighted by molar-refractivity contribution is 7.16. The first-order valence-corrected chi connectivity index (χ1v) is 4.63. The molecule has 0 aromatic carbocycles. The molecule has 0 saturated carbocycles. The van der Waals surface area contributed by atoms with Crippen molar-refractivity contribution in [1.29, 1.82) is 0 Å². The molecular weight excluding hydrogens is 208 g/mol. The minimum Gasteiger partial charge on any atom is -0.330 e. The maximum absolute atomic E-state index is 5.42. The van der Waals surface area contributed by atoms with Crippen molar-refractivity contribution in [2.24, 2.45) is 5.73 Å². The van der Waals surface area contributed by atoms with E-state index in [0.29, 0.717) is 6.54 Å². The number of imidazole rings is 1. The van der Waals surface area contributed by atoms with Crippen LogP contribution in [0.25, 0.3) is 4.96 Å². The van der Waals surface area contributed by atoms with Crippen LogP contribution in [0.3, 0.4) is 0 Å². The van der Waals surface area contributed by atoms with Crippen molar-refractivity contribution < 1.29 is 0 Å². The molecule has 2 N–H and O–H groups in total. The second kappa shape index (κ2) is 4.04. The van der Waals surface area contributed by atoms with E-state index >= 15 is 0 Å². The zero-order valence-electron chi connectivity index (χ0n) is 7.23. The molecule has 2 aromatic heterocycles. The van der Waals surface area contributed by atoms with Gasteiger partial charge < -0.3 is 5.73 Å². The van der Waals surface area contributed by atoms with Gasteiger partial charge in [-0.25, -0.2) is 9.50 Å². The lowest BCUT2D eigenvalue weighted by Gasteiger charge is -1.85. The molecule has 13 heavy (non-hydrogen) atoms. The Hall–Kier alpha value is -0.650. The Morgan fingerprint density at radius 3 is 3.00 bits per heavy atom. The zero-order chi connectivity index (χ0) is 8.55. The highest BCUT2D eigenvalue weighted by Crippen LogP contribution is 2.13. The molecule has 0 atom stereocenters. The Kier molecular flexibility index (Phi) is 3.24. The van der Waals surface area contributed by atoms with Gasteiger partial charge in [0.2, 0.25) is 4.96 Å². The van der Waals surface area contributed by atoms with Gasteiger partial charge in [0.05, 0.1) is 11.9 Å². The van der Waals surface area contributed by atoms with Gasteiger partial charge in [-0.15, -0.1) is 12.4 Å². The van der Waals surface area contributed by atoms with Gasteiger partial charge in [0.1, 0.15) is 5.01 Å². The van der Waals surface area contributed by atoms with Crippen molar-refractivity contribution in [2.45, 2.75) is 13.3 Å². The van der Waals surface area contributed by atoms with E-state index in [-0.39, 0.29) is 12.4 Å². The number of aryl methyl sites for hydroxylation is 1. The quantitative estimate of drug-likeness (QED) is 0.819. The predicted octanol–water partition coefficient (Wildman–Crippen LogP) is 1.02. The van der Waals surface area contributed by atoms with Gasteiger partial charge in [0.15, 0.2) is 0 Å². The fourth-order valence-corrected chi connectivity index (χ4v) is 2.01. The Morgan fingerprint density at radius 2 is 2.38 bits per heavy atom. The zero-order valence-corrected chi connectivity index (χ0v) is 8.86. The molecule has 0 saturated heterocycles. The summed E-state index contributed by atoms with van der Waals surface area (Å²) in [6, 6.07) is 0. The molecule has 0 radical (unpaired) electrons. The van der Waals surface area contributed by atoms with Crippen LogP contribution in [0.4, 0.5) is 0 Å². The van der Waals surface area contributed by atoms with Crippen LogP contribution in [0.2, 0.25) is 0 Å². The van der Waals surface area contributed by atoms with Gasteiger partial charge in [-0.3, -0.25) is 0 Å². The fraction of sp³-hybridized carbons (Fsp3) is 0.429. The van der Waals surface area contributed by atoms with Crippen LogP contribution >= 0.6 is 23.7 Å². The van der Waals surface area contributed by atoms with Crippen molar-refractivity contribution in [3.05, 3.63) is 16.9 Å². The van der Waals surface area contributed by atoms with E-state index in [2.05, 4.69) is 10.1 Å². The highest BCUT2D eigenvalue weighted by atomic mass is 35.5. The van der Waals surface area contributed by atoms with Crippen molar-refractivity contribution in [3.63, 3.8) is 0 Å². The van der Waals surface area contributed by atoms with Crippen molar-refractivity contribution >= 4 is 28.7 Å². The molecule has 0 aliphatic rings. The standard InChI is InChI=1S/C7H10N4S.ClH/c1-5-4-11-7(9-5)12-6(10-11)2-3-8;/h4H,2-3,8H2,1H3;1H. The van der Waals surface area contributed by atoms with Gasteiger partial charge in [-0.1, -0.05) is 11.3 Å². The second-order valence-corrected chi connectivity index (χ2v) is 3.68. The molecule has 0 spiro atoms. The third kappa shape index (κ3) is 1.99. The molecule has 2 rings (SSSR count). The maximum atomic E-state index is 5.42. The van der Waals surface area contributed by atoms with Crippen LogP contribution in [0.5, 0.6) is 0 Å². The van der Waals surface area contributed by atoms with Gasteiger partial charge >= 0.3 is 0 Å². The van der Waals surface area contributed by atoms with Gasteiger partial charge in [0, 0.05) is 6.42 Å². The van der Waals surface area contributed by atoms with E-state index in [1.54, 1.807) is 11.3 Å². The van der Waals surface area contributed by atoms with Crippen LogP contribution < -0.4 is 5.73 Å². The van der Waals surface area contributed by atoms with Crippen molar-refractivity contribution in [2.75, 3.05) is 6.54 Å². The van der Waals surface area contributed by atoms with E-state index in [0.717, 1.165) is 22.1 Å². The molecule has 72 valence electrons. The first-order chi connectivity index (χ1) is 5.79. The molecule has 0 bridgehead atoms. The monoisotopic (exact) mass is 218 g/mol. The molecule has 0 aliphatic carbocycles. The van der Waals surface area contributed by atoms with Gasteiger partial charge in [0.25, 0.3) is 0 Å². The number of nitrogens with zero attached hydrogens (tertiary/aromatic N) is 3. The number of hydrogen-bond acceptors (Lipinski definition) is 4. The van der Waals surface area contributed by atoms with E-state index in [9.17, 15) is 0 Å². The molecule has 0 fully saturated rings. The summed E-state index contributed by atoms with van der Waals surface area (Å²) in [5.74, 6) is 0. The summed E-state index contributed by atoms with van der Waals surface area (Å²) in [5, 5.41) is 5.37. The minimum absolute atomic E-state index is 0. The lowest BCUT2D eigenvalue weighted by Crippen LogP contribution is -2.02. The van der Waals surface area contributed by atoms with Crippen LogP contribution in [0, 0.1) is 6.92 Å². The second-order valence-electron chi connectivity index (χ2n) is 2.64. The SMILES string of the molecule is Cc1cn2nc(CCN)sc2n1.Cl. The Morgan fingerprint density at radius 1 is 1.62 bits per heavy atom. The first-order valence-electron chi connectivity index (χ1n) is 3.81. The van der Waals surface area contributed by atoms with Crippen LogP contribution in [-0.2, 0) is 6.42 Å². The Bertz CT molecular complexity index is 362. The van der Waals surface area contributed by atoms with E-state index in [1.807, 2.05) is 17.6 Å². The Labute approximate surface area is 86.2 Å². The minimum atomic E-state index is 0. The van der Waals surface area contributed by atoms with Crippen LogP contribution in [-0.4, -0.2) is 21.1 Å². The molecule has 2 aromatic rings. The average Bonchev–Trinajstić information content (AvgIpc) is 2.44. The van der Waals surface area contributed by atoms with Gasteiger partial charge in [-0.2, -0.15) is 5.10 Å². The first kappa shape index (κ1) is 10.4. The largest absolute Gasteiger partial charge is 0.330 e. The lowest BCUT2D eigenvalue weighted by atomic mass is 10.5. The summed E-state index contributed by atoms with van der Waals surface area (Å²) < 4.78 is 1.81. The topological polar surface area (TPSA) is 56.2 Å². The van der Waals surface area contributed by atoms with Crippen LogP contribution in [0.15, 0.2) is 6.20 Å². The normalized spacial score (nSPS) is 10.3. The molecular formula is C7H11ClN4S. The smallest absolute Gasteiger partial charge is 0.212 e. The van der Waals surface area contributed by atoms with E-state index in [1.165, 1.54) is 0 Å². The number of aromatic nitrogens is 3. The summed E-state index contributed by atoms with van der Waals surface area (Å²) in [6.07, 6.45) is 2.76. The maximum Gasteiger partial charge on any atom is 0.212 e. The number of hydrogen-bond donors (Lipinski definition) is 1. The number of fused-ring (bicyclic) bond motifs is 1. The third-order valence-electron chi connectivity index (χ3n) is 1.56. The predicted molar refractivity (Wildman–Crippen MR) is 55.6 cm³/mol. The molecule has 4 nitrogen and oxygen atoms in total. The van der Waals surface area contributed by atoms with E-state index < -0.39 is 0 Å². The summed E-state index contributed by atoms with van der Waals surface area (Å²) >= 11 is 1.60. The lowest BCUT2D eigenvalue weighted by molar-refractivity contribution is 0.871. The number of rotatable bonds is 2. The molecule has 0 aliphatic heterocycles. The average molecular weight is 219 g/mol. The molecule has 2 heterocycles. The summed E-state index contributed by atoms with van der Waals surface area (Å²) in [4.78, 5) is 5.25. The van der Waals surface area contributed by atoms with Crippen molar-refractivity contribution in [3.8, 4) is 0 Å². The third-order valence-corrected chi connectivity index (χ3v) is 2.55. The summed E-state index contributed by atoms with van der Waals surface area (Å²) in [5.41, 5.74) is 6.43. The highest BCUT2D eigenvalue weighted by Gasteiger charge is 2.04. The fourth-order valence-electron chi connectivity index (χ4n) is 1.07. The summed E-state index contributed by atoms with van der Waals surface area (Å²) in [6.45, 7) is 2.61. The number of nitrogens with two attached hydrogens (primary N) is 1. The van der Waals surface area contributed by atoms with E-state index in [4.69, 9.17) is 5.73 Å². The Balaban J connectivity index is 0.000000845. The molecule has 0 amide bonds. The van der Waals surface area contributed by atoms with Gasteiger partial charge in [-0.05, 0) is 13.5 Å². The molecule has 0 unspecified atom stereocenters. The van der Waals surface area contributed by atoms with Crippen LogP contribution in [0.1, 0.15) is 10.7 Å². The molecule has 6 heteroatoms.